The van der Waals surface area contributed by atoms with E-state index in [0.717, 1.165) is 28.6 Å². The van der Waals surface area contributed by atoms with Crippen LogP contribution in [0.25, 0.3) is 10.9 Å². The van der Waals surface area contributed by atoms with Crippen LogP contribution in [0.3, 0.4) is 0 Å². The third-order valence-electron chi connectivity index (χ3n) is 3.98. The smallest absolute Gasteiger partial charge is 0.410 e. The van der Waals surface area contributed by atoms with Crippen molar-refractivity contribution < 1.29 is 9.53 Å². The molecule has 0 fully saturated rings. The summed E-state index contributed by atoms with van der Waals surface area (Å²) in [6, 6.07) is 8.17. The maximum atomic E-state index is 12.3. The molecule has 0 unspecified atom stereocenters. The highest BCUT2D eigenvalue weighted by Crippen LogP contribution is 2.27. The highest BCUT2D eigenvalue weighted by atomic mass is 16.6. The molecule has 4 heteroatoms. The SMILES string of the molecule is Cc1c2c(nc3ccccc13)CCN(C(=O)OC(C)(C)C)C2. The number of fused-ring (bicyclic) bond motifs is 2. The average molecular weight is 298 g/mol. The van der Waals surface area contributed by atoms with Crippen molar-refractivity contribution >= 4 is 17.0 Å². The minimum absolute atomic E-state index is 0.245. The molecule has 2 aromatic rings. The second kappa shape index (κ2) is 5.27. The number of amides is 1. The monoisotopic (exact) mass is 298 g/mol. The Kier molecular flexibility index (Phi) is 3.55. The summed E-state index contributed by atoms with van der Waals surface area (Å²) in [6.45, 7) is 9.03. The van der Waals surface area contributed by atoms with Gasteiger partial charge in [0.2, 0.25) is 0 Å². The first kappa shape index (κ1) is 14.8. The highest BCUT2D eigenvalue weighted by Gasteiger charge is 2.27. The lowest BCUT2D eigenvalue weighted by atomic mass is 9.97. The van der Waals surface area contributed by atoms with Gasteiger partial charge in [-0.25, -0.2) is 4.79 Å². The predicted octanol–water partition coefficient (Wildman–Crippen LogP) is 3.84. The van der Waals surface area contributed by atoms with Gasteiger partial charge < -0.3 is 9.64 Å². The van der Waals surface area contributed by atoms with Crippen LogP contribution in [0.4, 0.5) is 4.79 Å². The summed E-state index contributed by atoms with van der Waals surface area (Å²) in [5, 5.41) is 1.16. The van der Waals surface area contributed by atoms with Gasteiger partial charge >= 0.3 is 6.09 Å². The van der Waals surface area contributed by atoms with E-state index in [0.29, 0.717) is 13.1 Å². The van der Waals surface area contributed by atoms with Crippen molar-refractivity contribution in [3.63, 3.8) is 0 Å². The molecular weight excluding hydrogens is 276 g/mol. The Bertz CT molecular complexity index is 732. The molecule has 1 aliphatic heterocycles. The fraction of sp³-hybridized carbons (Fsp3) is 0.444. The third kappa shape index (κ3) is 2.78. The van der Waals surface area contributed by atoms with E-state index in [9.17, 15) is 4.79 Å². The van der Waals surface area contributed by atoms with Crippen LogP contribution >= 0.6 is 0 Å². The van der Waals surface area contributed by atoms with Crippen LogP contribution in [-0.2, 0) is 17.7 Å². The number of hydrogen-bond acceptors (Lipinski definition) is 3. The fourth-order valence-corrected chi connectivity index (χ4v) is 2.89. The van der Waals surface area contributed by atoms with Gasteiger partial charge in [0, 0.05) is 24.0 Å². The molecular formula is C18H22N2O2. The standard InChI is InChI=1S/C18H22N2O2/c1-12-13-7-5-6-8-15(13)19-16-9-10-20(11-14(12)16)17(21)22-18(2,3)4/h5-8H,9-11H2,1-4H3. The Balaban J connectivity index is 1.92. The van der Waals surface area contributed by atoms with E-state index >= 15 is 0 Å². The minimum Gasteiger partial charge on any atom is -0.444 e. The molecule has 1 amide bonds. The maximum absolute atomic E-state index is 12.3. The first-order valence-electron chi connectivity index (χ1n) is 7.70. The van der Waals surface area contributed by atoms with Crippen molar-refractivity contribution in [2.75, 3.05) is 6.54 Å². The molecule has 0 saturated carbocycles. The van der Waals surface area contributed by atoms with Crippen molar-refractivity contribution in [1.29, 1.82) is 0 Å². The molecule has 116 valence electrons. The molecule has 0 saturated heterocycles. The number of aryl methyl sites for hydroxylation is 1. The van der Waals surface area contributed by atoms with Crippen molar-refractivity contribution in [2.45, 2.75) is 46.3 Å². The lowest BCUT2D eigenvalue weighted by molar-refractivity contribution is 0.0222. The minimum atomic E-state index is -0.464. The number of carbonyl (C=O) groups excluding carboxylic acids is 1. The Hall–Kier alpha value is -2.10. The van der Waals surface area contributed by atoms with E-state index in [2.05, 4.69) is 13.0 Å². The van der Waals surface area contributed by atoms with Gasteiger partial charge in [-0.3, -0.25) is 4.98 Å². The molecule has 22 heavy (non-hydrogen) atoms. The Labute approximate surface area is 131 Å². The fourth-order valence-electron chi connectivity index (χ4n) is 2.89. The van der Waals surface area contributed by atoms with E-state index in [1.807, 2.05) is 39.0 Å². The van der Waals surface area contributed by atoms with Crippen molar-refractivity contribution in [3.8, 4) is 0 Å². The topological polar surface area (TPSA) is 42.4 Å². The van der Waals surface area contributed by atoms with Gasteiger partial charge in [0.1, 0.15) is 5.60 Å². The van der Waals surface area contributed by atoms with Gasteiger partial charge in [-0.2, -0.15) is 0 Å². The highest BCUT2D eigenvalue weighted by molar-refractivity contribution is 5.83. The van der Waals surface area contributed by atoms with Crippen LogP contribution in [0.1, 0.15) is 37.6 Å². The second-order valence-electron chi connectivity index (χ2n) is 6.83. The summed E-state index contributed by atoms with van der Waals surface area (Å²) in [7, 11) is 0. The van der Waals surface area contributed by atoms with Crippen molar-refractivity contribution in [1.82, 2.24) is 9.88 Å². The molecule has 0 bridgehead atoms. The number of nitrogens with zero attached hydrogens (tertiary/aromatic N) is 2. The molecule has 0 N–H and O–H groups in total. The van der Waals surface area contributed by atoms with E-state index in [1.165, 1.54) is 5.56 Å². The zero-order valence-electron chi connectivity index (χ0n) is 13.6. The van der Waals surface area contributed by atoms with Crippen LogP contribution in [-0.4, -0.2) is 28.1 Å². The molecule has 3 rings (SSSR count). The third-order valence-corrected chi connectivity index (χ3v) is 3.98. The van der Waals surface area contributed by atoms with Crippen LogP contribution in [0, 0.1) is 6.92 Å². The first-order valence-corrected chi connectivity index (χ1v) is 7.70. The largest absolute Gasteiger partial charge is 0.444 e. The molecule has 0 spiro atoms. The van der Waals surface area contributed by atoms with E-state index < -0.39 is 5.60 Å². The number of benzene rings is 1. The number of rotatable bonds is 0. The Morgan fingerprint density at radius 2 is 2.00 bits per heavy atom. The van der Waals surface area contributed by atoms with Gasteiger partial charge in [0.15, 0.2) is 0 Å². The maximum Gasteiger partial charge on any atom is 0.410 e. The molecule has 0 radical (unpaired) electrons. The number of aromatic nitrogens is 1. The zero-order valence-corrected chi connectivity index (χ0v) is 13.6. The molecule has 1 aromatic heterocycles. The predicted molar refractivity (Wildman–Crippen MR) is 86.8 cm³/mol. The molecule has 1 aromatic carbocycles. The lowest BCUT2D eigenvalue weighted by Gasteiger charge is -2.31. The zero-order chi connectivity index (χ0) is 15.9. The van der Waals surface area contributed by atoms with Gasteiger partial charge in [-0.15, -0.1) is 0 Å². The van der Waals surface area contributed by atoms with E-state index in [4.69, 9.17) is 9.72 Å². The summed E-state index contributed by atoms with van der Waals surface area (Å²) >= 11 is 0. The van der Waals surface area contributed by atoms with Gasteiger partial charge in [-0.05, 0) is 44.9 Å². The van der Waals surface area contributed by atoms with Crippen molar-refractivity contribution in [2.24, 2.45) is 0 Å². The molecule has 0 atom stereocenters. The molecule has 1 aliphatic rings. The molecule has 4 nitrogen and oxygen atoms in total. The van der Waals surface area contributed by atoms with Crippen LogP contribution < -0.4 is 0 Å². The Morgan fingerprint density at radius 3 is 2.73 bits per heavy atom. The lowest BCUT2D eigenvalue weighted by Crippen LogP contribution is -2.40. The van der Waals surface area contributed by atoms with Crippen molar-refractivity contribution in [3.05, 3.63) is 41.1 Å². The summed E-state index contributed by atoms with van der Waals surface area (Å²) < 4.78 is 5.49. The number of pyridine rings is 1. The summed E-state index contributed by atoms with van der Waals surface area (Å²) in [6.07, 6.45) is 0.533. The van der Waals surface area contributed by atoms with Crippen LogP contribution in [0.15, 0.2) is 24.3 Å². The number of carbonyl (C=O) groups is 1. The van der Waals surface area contributed by atoms with Gasteiger partial charge in [0.25, 0.3) is 0 Å². The molecule has 0 aliphatic carbocycles. The normalized spacial score (nSPS) is 14.8. The van der Waals surface area contributed by atoms with Gasteiger partial charge in [-0.1, -0.05) is 18.2 Å². The molecule has 2 heterocycles. The number of hydrogen-bond donors (Lipinski definition) is 0. The van der Waals surface area contributed by atoms with E-state index in [1.54, 1.807) is 4.90 Å². The summed E-state index contributed by atoms with van der Waals surface area (Å²) in [4.78, 5) is 18.8. The number of para-hydroxylation sites is 1. The van der Waals surface area contributed by atoms with E-state index in [-0.39, 0.29) is 6.09 Å². The average Bonchev–Trinajstić information content (AvgIpc) is 2.45. The first-order chi connectivity index (χ1) is 10.3. The van der Waals surface area contributed by atoms with Crippen LogP contribution in [0.5, 0.6) is 0 Å². The quantitative estimate of drug-likeness (QED) is 0.742. The van der Waals surface area contributed by atoms with Crippen LogP contribution in [0.2, 0.25) is 0 Å². The summed E-state index contributed by atoms with van der Waals surface area (Å²) in [5.41, 5.74) is 4.05. The second-order valence-corrected chi connectivity index (χ2v) is 6.83. The number of ether oxygens (including phenoxy) is 1. The van der Waals surface area contributed by atoms with Gasteiger partial charge in [0.05, 0.1) is 12.1 Å². The Morgan fingerprint density at radius 1 is 1.27 bits per heavy atom. The summed E-state index contributed by atoms with van der Waals surface area (Å²) in [5.74, 6) is 0.